The number of nitrogens with zero attached hydrogens (tertiary/aromatic N) is 2. The number of anilines is 2. The fourth-order valence-corrected chi connectivity index (χ4v) is 8.66. The molecule has 1 saturated heterocycles. The maximum Gasteiger partial charge on any atom is 0.338 e. The molecule has 0 spiro atoms. The van der Waals surface area contributed by atoms with Crippen LogP contribution in [0.5, 0.6) is 5.75 Å². The van der Waals surface area contributed by atoms with Crippen LogP contribution < -0.4 is 19.8 Å². The van der Waals surface area contributed by atoms with Crippen LogP contribution in [0.15, 0.2) is 82.6 Å². The lowest BCUT2D eigenvalue weighted by atomic mass is 9.83. The van der Waals surface area contributed by atoms with Crippen molar-refractivity contribution in [1.29, 1.82) is 0 Å². The number of hydrogen-bond donors (Lipinski definition) is 1. The first-order valence-electron chi connectivity index (χ1n) is 15.4. The Morgan fingerprint density at radius 1 is 0.796 bits per heavy atom. The lowest BCUT2D eigenvalue weighted by Gasteiger charge is -2.30. The van der Waals surface area contributed by atoms with Gasteiger partial charge in [-0.15, -0.1) is 0 Å². The number of imide groups is 1. The highest BCUT2D eigenvalue weighted by Gasteiger charge is 2.56. The average molecular weight is 702 g/mol. The highest BCUT2D eigenvalue weighted by Crippen LogP contribution is 2.54. The summed E-state index contributed by atoms with van der Waals surface area (Å²) in [7, 11) is 1.54. The van der Waals surface area contributed by atoms with Gasteiger partial charge in [-0.2, -0.15) is 0 Å². The fourth-order valence-electron chi connectivity index (χ4n) is 5.89. The van der Waals surface area contributed by atoms with E-state index in [1.807, 2.05) is 0 Å². The third-order valence-electron chi connectivity index (χ3n) is 8.14. The molecule has 3 atom stereocenters. The molecule has 3 heterocycles. The Morgan fingerprint density at radius 2 is 1.39 bits per heavy atom. The normalized spacial score (nSPS) is 18.0. The van der Waals surface area contributed by atoms with E-state index in [1.54, 1.807) is 50.2 Å². The Hall–Kier alpha value is -5.21. The first-order chi connectivity index (χ1) is 23.6. The minimum atomic E-state index is -0.893. The summed E-state index contributed by atoms with van der Waals surface area (Å²) in [6.45, 7) is 3.50. The molecule has 3 aromatic carbocycles. The van der Waals surface area contributed by atoms with Crippen LogP contribution in [0.2, 0.25) is 0 Å². The van der Waals surface area contributed by atoms with Gasteiger partial charge in [-0.1, -0.05) is 35.2 Å². The van der Waals surface area contributed by atoms with E-state index in [0.29, 0.717) is 38.2 Å². The third kappa shape index (κ3) is 6.48. The molecule has 1 N–H and O–H groups in total. The number of esters is 2. The number of benzene rings is 3. The van der Waals surface area contributed by atoms with E-state index in [9.17, 15) is 28.8 Å². The Morgan fingerprint density at radius 3 is 1.96 bits per heavy atom. The third-order valence-corrected chi connectivity index (χ3v) is 10.7. The van der Waals surface area contributed by atoms with Gasteiger partial charge in [-0.3, -0.25) is 23.7 Å². The quantitative estimate of drug-likeness (QED) is 0.182. The van der Waals surface area contributed by atoms with Gasteiger partial charge in [0, 0.05) is 16.5 Å². The van der Waals surface area contributed by atoms with Gasteiger partial charge in [0.2, 0.25) is 17.7 Å². The monoisotopic (exact) mass is 701 g/mol. The first kappa shape index (κ1) is 33.7. The number of carbonyl (C=O) groups is 5. The topological polar surface area (TPSA) is 150 Å². The minimum absolute atomic E-state index is 0.206. The summed E-state index contributed by atoms with van der Waals surface area (Å²) in [5.41, 5.74) is 2.05. The first-order valence-corrected chi connectivity index (χ1v) is 17.1. The second-order valence-corrected chi connectivity index (χ2v) is 13.2. The zero-order valence-corrected chi connectivity index (χ0v) is 28.3. The molecule has 12 nitrogen and oxygen atoms in total. The predicted octanol–water partition coefficient (Wildman–Crippen LogP) is 4.71. The van der Waals surface area contributed by atoms with Crippen LogP contribution in [0, 0.1) is 5.92 Å². The molecule has 49 heavy (non-hydrogen) atoms. The van der Waals surface area contributed by atoms with Gasteiger partial charge in [0.25, 0.3) is 0 Å². The molecule has 0 bridgehead atoms. The van der Waals surface area contributed by atoms with Crippen molar-refractivity contribution in [2.45, 2.75) is 36.6 Å². The molecule has 1 fully saturated rings. The lowest BCUT2D eigenvalue weighted by Crippen LogP contribution is -2.33. The second-order valence-electron chi connectivity index (χ2n) is 11.1. The summed E-state index contributed by atoms with van der Waals surface area (Å²) < 4.78 is 16.7. The fraction of sp³-hybridized carbons (Fsp3) is 0.257. The van der Waals surface area contributed by atoms with Crippen LogP contribution in [-0.2, 0) is 30.4 Å². The second kappa shape index (κ2) is 14.1. The van der Waals surface area contributed by atoms with Crippen molar-refractivity contribution in [2.24, 2.45) is 5.92 Å². The van der Waals surface area contributed by atoms with Gasteiger partial charge >= 0.3 is 16.8 Å². The summed E-state index contributed by atoms with van der Waals surface area (Å²) in [5, 5.41) is 2.29. The van der Waals surface area contributed by atoms with Crippen molar-refractivity contribution in [2.75, 3.05) is 30.5 Å². The number of nitrogens with one attached hydrogen (secondary N) is 1. The molecule has 1 aromatic heterocycles. The maximum absolute atomic E-state index is 14.2. The zero-order valence-electron chi connectivity index (χ0n) is 26.7. The van der Waals surface area contributed by atoms with Crippen LogP contribution >= 0.6 is 23.1 Å². The predicted molar refractivity (Wildman–Crippen MR) is 182 cm³/mol. The number of aromatic nitrogens is 1. The summed E-state index contributed by atoms with van der Waals surface area (Å²) in [5.74, 6) is -3.30. The number of methoxy groups -OCH3 is 1. The van der Waals surface area contributed by atoms with E-state index in [4.69, 9.17) is 14.2 Å². The van der Waals surface area contributed by atoms with Gasteiger partial charge in [0.1, 0.15) is 17.5 Å². The number of rotatable bonds is 10. The molecule has 0 saturated carbocycles. The number of thioether (sulfide) groups is 1. The van der Waals surface area contributed by atoms with Crippen LogP contribution in [0.3, 0.4) is 0 Å². The summed E-state index contributed by atoms with van der Waals surface area (Å²) in [4.78, 5) is 80.3. The molecule has 0 radical (unpaired) electrons. The van der Waals surface area contributed by atoms with Crippen molar-refractivity contribution in [1.82, 2.24) is 4.57 Å². The van der Waals surface area contributed by atoms with Gasteiger partial charge < -0.3 is 19.5 Å². The largest absolute Gasteiger partial charge is 0.497 e. The number of fused-ring (bicyclic) bond motifs is 2. The van der Waals surface area contributed by atoms with E-state index in [1.165, 1.54) is 48.1 Å². The Balaban J connectivity index is 1.32. The number of amides is 3. The molecule has 14 heteroatoms. The Bertz CT molecular complexity index is 1990. The van der Waals surface area contributed by atoms with Crippen molar-refractivity contribution in [3.63, 3.8) is 0 Å². The zero-order chi connectivity index (χ0) is 34.8. The molecule has 2 aliphatic rings. The van der Waals surface area contributed by atoms with Crippen molar-refractivity contribution in [3.8, 4) is 5.75 Å². The highest BCUT2D eigenvalue weighted by atomic mass is 32.2. The van der Waals surface area contributed by atoms with Crippen molar-refractivity contribution in [3.05, 3.63) is 104 Å². The smallest absolute Gasteiger partial charge is 0.338 e. The summed E-state index contributed by atoms with van der Waals surface area (Å²) in [6, 6.07) is 19.3. The number of hydrogen-bond acceptors (Lipinski definition) is 11. The van der Waals surface area contributed by atoms with E-state index >= 15 is 0 Å². The Kier molecular flexibility index (Phi) is 9.69. The van der Waals surface area contributed by atoms with Crippen LogP contribution in [0.1, 0.15) is 50.9 Å². The van der Waals surface area contributed by atoms with Crippen molar-refractivity contribution >= 4 is 64.1 Å². The van der Waals surface area contributed by atoms with E-state index < -0.39 is 51.6 Å². The Labute approximate surface area is 289 Å². The molecule has 3 amide bonds. The molecular formula is C35H31N3O9S2. The minimum Gasteiger partial charge on any atom is -0.497 e. The molecule has 252 valence electrons. The van der Waals surface area contributed by atoms with Crippen LogP contribution in [0.25, 0.3) is 0 Å². The molecular weight excluding hydrogens is 671 g/mol. The molecule has 2 aliphatic heterocycles. The van der Waals surface area contributed by atoms with Gasteiger partial charge in [-0.05, 0) is 80.1 Å². The number of carbonyl (C=O) groups excluding carboxylic acids is 5. The molecule has 4 aromatic rings. The standard InChI is InChI=1S/C35H31N3O9S2/c1-4-46-33(42)20-6-12-22(13-7-20)36-25(39)18-37-32-29(49-35(37)44)26(19-10-16-24(45-3)17-11-19)27-28(48-32)31(41)38(30(27)40)23-14-8-21(9-15-23)34(43)47-5-2/h6-17,26-28H,4-5,18H2,1-3H3,(H,36,39)/t26-,27?,28?/m0/s1. The highest BCUT2D eigenvalue weighted by molar-refractivity contribution is 8.00. The molecule has 2 unspecified atom stereocenters. The lowest BCUT2D eigenvalue weighted by molar-refractivity contribution is -0.122. The summed E-state index contributed by atoms with van der Waals surface area (Å²) in [6.07, 6.45) is 0. The van der Waals surface area contributed by atoms with Crippen LogP contribution in [0.4, 0.5) is 11.4 Å². The maximum atomic E-state index is 14.2. The SMILES string of the molecule is CCOC(=O)c1ccc(NC(=O)Cn2c3c(sc2=O)[C@@H](c2ccc(OC)cc2)C2C(=O)N(c4ccc(C(=O)OCC)cc4)C(=O)C2S3)cc1. The molecule has 0 aliphatic carbocycles. The summed E-state index contributed by atoms with van der Waals surface area (Å²) >= 11 is 2.03. The van der Waals surface area contributed by atoms with Gasteiger partial charge in [-0.25, -0.2) is 14.5 Å². The van der Waals surface area contributed by atoms with Gasteiger partial charge in [0.05, 0.1) is 48.1 Å². The van der Waals surface area contributed by atoms with Crippen molar-refractivity contribution < 1.29 is 38.2 Å². The average Bonchev–Trinajstić information content (AvgIpc) is 3.55. The van der Waals surface area contributed by atoms with Crippen LogP contribution in [-0.4, -0.2) is 59.8 Å². The van der Waals surface area contributed by atoms with E-state index in [-0.39, 0.29) is 25.3 Å². The number of ether oxygens (including phenoxy) is 3. The van der Waals surface area contributed by atoms with Gasteiger partial charge in [0.15, 0.2) is 0 Å². The number of thiazole rings is 1. The van der Waals surface area contributed by atoms with E-state index in [2.05, 4.69) is 5.32 Å². The van der Waals surface area contributed by atoms with E-state index in [0.717, 1.165) is 28.0 Å². The molecule has 6 rings (SSSR count).